The maximum atomic E-state index is 11.5. The molecule has 0 aliphatic rings. The van der Waals surface area contributed by atoms with Crippen molar-refractivity contribution in [2.45, 2.75) is 20.3 Å². The van der Waals surface area contributed by atoms with Gasteiger partial charge >= 0.3 is 11.7 Å². The summed E-state index contributed by atoms with van der Waals surface area (Å²) in [5, 5.41) is 15.4. The van der Waals surface area contributed by atoms with Gasteiger partial charge in [0.25, 0.3) is 5.91 Å². The molecule has 2 N–H and O–H groups in total. The van der Waals surface area contributed by atoms with Crippen molar-refractivity contribution in [3.63, 3.8) is 0 Å². The highest BCUT2D eigenvalue weighted by Crippen LogP contribution is 2.25. The van der Waals surface area contributed by atoms with Crippen molar-refractivity contribution in [2.24, 2.45) is 5.92 Å². The molecule has 0 saturated heterocycles. The fourth-order valence-electron chi connectivity index (χ4n) is 1.55. The molecule has 1 rings (SSSR count). The number of carbonyl (C=O) groups is 2. The van der Waals surface area contributed by atoms with Crippen molar-refractivity contribution in [1.29, 1.82) is 0 Å². The lowest BCUT2D eigenvalue weighted by Gasteiger charge is -2.09. The van der Waals surface area contributed by atoms with Crippen molar-refractivity contribution < 1.29 is 19.2 Å². The predicted molar refractivity (Wildman–Crippen MR) is 79.6 cm³/mol. The molecule has 0 unspecified atom stereocenters. The first kappa shape index (κ1) is 17.4. The van der Waals surface area contributed by atoms with Crippen LogP contribution >= 0.6 is 0 Å². The topological polar surface area (TPSA) is 111 Å². The molecule has 0 aliphatic heterocycles. The summed E-state index contributed by atoms with van der Waals surface area (Å²) < 4.78 is 5.07. The maximum Gasteiger partial charge on any atom is 0.321 e. The first-order chi connectivity index (χ1) is 10.4. The highest BCUT2D eigenvalue weighted by Gasteiger charge is 2.15. The molecular formula is C14H19N3O5. The summed E-state index contributed by atoms with van der Waals surface area (Å²) >= 11 is 0. The summed E-state index contributed by atoms with van der Waals surface area (Å²) in [6, 6.07) is 5.09. The second kappa shape index (κ2) is 8.60. The van der Waals surface area contributed by atoms with E-state index in [-0.39, 0.29) is 11.4 Å². The fourth-order valence-corrected chi connectivity index (χ4v) is 1.55. The third kappa shape index (κ3) is 6.21. The Bertz CT molecular complexity index is 545. The Labute approximate surface area is 128 Å². The molecule has 0 bridgehead atoms. The average molecular weight is 309 g/mol. The minimum atomic E-state index is -0.680. The number of para-hydroxylation sites is 2. The number of nitro groups is 1. The number of rotatable bonds is 7. The van der Waals surface area contributed by atoms with Crippen LogP contribution in [0.1, 0.15) is 20.3 Å². The number of hydrogen-bond acceptors (Lipinski definition) is 5. The Morgan fingerprint density at radius 2 is 2.00 bits per heavy atom. The van der Waals surface area contributed by atoms with Crippen LogP contribution < -0.4 is 15.4 Å². The van der Waals surface area contributed by atoms with E-state index in [1.807, 2.05) is 13.8 Å². The van der Waals surface area contributed by atoms with Gasteiger partial charge in [0, 0.05) is 12.6 Å². The molecule has 0 heterocycles. The van der Waals surface area contributed by atoms with E-state index in [0.717, 1.165) is 6.42 Å². The van der Waals surface area contributed by atoms with Gasteiger partial charge in [-0.2, -0.15) is 0 Å². The molecule has 1 aromatic rings. The van der Waals surface area contributed by atoms with E-state index in [1.165, 1.54) is 18.2 Å². The van der Waals surface area contributed by atoms with Crippen LogP contribution in [0.4, 0.5) is 10.5 Å². The molecule has 120 valence electrons. The molecule has 1 aromatic carbocycles. The predicted octanol–water partition coefficient (Wildman–Crippen LogP) is 1.85. The van der Waals surface area contributed by atoms with Gasteiger partial charge in [0.2, 0.25) is 0 Å². The van der Waals surface area contributed by atoms with Crippen LogP contribution in [0.15, 0.2) is 24.3 Å². The Kier molecular flexibility index (Phi) is 6.81. The number of carbonyl (C=O) groups excluding carboxylic acids is 2. The lowest BCUT2D eigenvalue weighted by molar-refractivity contribution is -0.385. The van der Waals surface area contributed by atoms with E-state index in [4.69, 9.17) is 4.74 Å². The number of imide groups is 1. The fraction of sp³-hybridized carbons (Fsp3) is 0.429. The van der Waals surface area contributed by atoms with E-state index in [1.54, 1.807) is 6.07 Å². The Hall–Kier alpha value is -2.64. The number of urea groups is 1. The Morgan fingerprint density at radius 3 is 2.64 bits per heavy atom. The molecule has 0 spiro atoms. The van der Waals surface area contributed by atoms with Gasteiger partial charge in [-0.15, -0.1) is 0 Å². The average Bonchev–Trinajstić information content (AvgIpc) is 2.44. The molecule has 8 nitrogen and oxygen atoms in total. The zero-order chi connectivity index (χ0) is 16.5. The quantitative estimate of drug-likeness (QED) is 0.590. The zero-order valence-corrected chi connectivity index (χ0v) is 12.5. The van der Waals surface area contributed by atoms with Crippen LogP contribution in [0.2, 0.25) is 0 Å². The largest absolute Gasteiger partial charge is 0.477 e. The van der Waals surface area contributed by atoms with Crippen LogP contribution in [0.3, 0.4) is 0 Å². The summed E-state index contributed by atoms with van der Waals surface area (Å²) in [7, 11) is 0. The number of benzene rings is 1. The third-order valence-electron chi connectivity index (χ3n) is 2.68. The lowest BCUT2D eigenvalue weighted by Crippen LogP contribution is -2.42. The normalized spacial score (nSPS) is 10.1. The minimum Gasteiger partial charge on any atom is -0.477 e. The van der Waals surface area contributed by atoms with Crippen molar-refractivity contribution in [2.75, 3.05) is 13.2 Å². The molecule has 3 amide bonds. The van der Waals surface area contributed by atoms with Crippen LogP contribution in [0.25, 0.3) is 0 Å². The Morgan fingerprint density at radius 1 is 1.32 bits per heavy atom. The maximum absolute atomic E-state index is 11.5. The second-order valence-corrected chi connectivity index (χ2v) is 5.00. The van der Waals surface area contributed by atoms with E-state index in [9.17, 15) is 19.7 Å². The van der Waals surface area contributed by atoms with Gasteiger partial charge in [-0.05, 0) is 18.4 Å². The number of nitrogens with zero attached hydrogens (tertiary/aromatic N) is 1. The SMILES string of the molecule is CC(C)CCNC(=O)NC(=O)COc1ccccc1[N+](=O)[O-]. The van der Waals surface area contributed by atoms with Gasteiger partial charge in [-0.25, -0.2) is 4.79 Å². The molecule has 0 aliphatic carbocycles. The third-order valence-corrected chi connectivity index (χ3v) is 2.68. The molecule has 0 atom stereocenters. The lowest BCUT2D eigenvalue weighted by atomic mass is 10.1. The summed E-state index contributed by atoms with van der Waals surface area (Å²) in [4.78, 5) is 33.1. The van der Waals surface area contributed by atoms with Crippen molar-refractivity contribution in [3.05, 3.63) is 34.4 Å². The number of nitrogens with one attached hydrogen (secondary N) is 2. The molecular weight excluding hydrogens is 290 g/mol. The molecule has 0 fully saturated rings. The molecule has 22 heavy (non-hydrogen) atoms. The summed E-state index contributed by atoms with van der Waals surface area (Å²) in [6.07, 6.45) is 0.800. The van der Waals surface area contributed by atoms with Gasteiger partial charge in [0.05, 0.1) is 4.92 Å². The van der Waals surface area contributed by atoms with Gasteiger partial charge in [0.15, 0.2) is 12.4 Å². The first-order valence-electron chi connectivity index (χ1n) is 6.84. The number of nitro benzene ring substituents is 1. The van der Waals surface area contributed by atoms with Crippen LogP contribution in [0, 0.1) is 16.0 Å². The van der Waals surface area contributed by atoms with Gasteiger partial charge in [-0.1, -0.05) is 26.0 Å². The first-order valence-corrected chi connectivity index (χ1v) is 6.84. The highest BCUT2D eigenvalue weighted by molar-refractivity contribution is 5.95. The van der Waals surface area contributed by atoms with Crippen LogP contribution in [-0.2, 0) is 4.79 Å². The zero-order valence-electron chi connectivity index (χ0n) is 12.5. The van der Waals surface area contributed by atoms with Crippen LogP contribution in [-0.4, -0.2) is 30.0 Å². The van der Waals surface area contributed by atoms with Crippen molar-refractivity contribution in [3.8, 4) is 5.75 Å². The van der Waals surface area contributed by atoms with E-state index in [0.29, 0.717) is 12.5 Å². The summed E-state index contributed by atoms with van der Waals surface area (Å²) in [6.45, 7) is 4.01. The van der Waals surface area contributed by atoms with E-state index in [2.05, 4.69) is 10.6 Å². The van der Waals surface area contributed by atoms with E-state index >= 15 is 0 Å². The molecule has 0 saturated carbocycles. The summed E-state index contributed by atoms with van der Waals surface area (Å²) in [5.74, 6) is -0.263. The summed E-state index contributed by atoms with van der Waals surface area (Å²) in [5.41, 5.74) is -0.239. The van der Waals surface area contributed by atoms with E-state index < -0.39 is 23.5 Å². The number of amides is 3. The highest BCUT2D eigenvalue weighted by atomic mass is 16.6. The number of ether oxygens (including phenoxy) is 1. The monoisotopic (exact) mass is 309 g/mol. The minimum absolute atomic E-state index is 0.0251. The van der Waals surface area contributed by atoms with Crippen molar-refractivity contribution >= 4 is 17.6 Å². The van der Waals surface area contributed by atoms with Crippen molar-refractivity contribution in [1.82, 2.24) is 10.6 Å². The van der Waals surface area contributed by atoms with Gasteiger partial charge in [-0.3, -0.25) is 20.2 Å². The standard InChI is InChI=1S/C14H19N3O5/c1-10(2)7-8-15-14(19)16-13(18)9-22-12-6-4-3-5-11(12)17(20)21/h3-6,10H,7-9H2,1-2H3,(H2,15,16,18,19). The second-order valence-electron chi connectivity index (χ2n) is 5.00. The smallest absolute Gasteiger partial charge is 0.321 e. The number of hydrogen-bond donors (Lipinski definition) is 2. The molecule has 0 aromatic heterocycles. The molecule has 8 heteroatoms. The van der Waals surface area contributed by atoms with Crippen LogP contribution in [0.5, 0.6) is 5.75 Å². The van der Waals surface area contributed by atoms with Gasteiger partial charge in [0.1, 0.15) is 0 Å². The Balaban J connectivity index is 2.40. The molecule has 0 radical (unpaired) electrons. The van der Waals surface area contributed by atoms with Gasteiger partial charge < -0.3 is 10.1 Å².